The highest BCUT2D eigenvalue weighted by atomic mass is 16.3. The first kappa shape index (κ1) is 11.5. The van der Waals surface area contributed by atoms with Crippen LogP contribution in [0.3, 0.4) is 0 Å². The van der Waals surface area contributed by atoms with Crippen LogP contribution in [0.2, 0.25) is 0 Å². The molecule has 0 aliphatic carbocycles. The van der Waals surface area contributed by atoms with E-state index in [2.05, 4.69) is 0 Å². The van der Waals surface area contributed by atoms with E-state index >= 15 is 0 Å². The maximum Gasteiger partial charge on any atom is 0.219 e. The molecule has 0 aliphatic rings. The van der Waals surface area contributed by atoms with Crippen LogP contribution >= 0.6 is 0 Å². The smallest absolute Gasteiger partial charge is 0.219 e. The number of phenolic OH excluding ortho intramolecular Hbond substituents is 1. The lowest BCUT2D eigenvalue weighted by Gasteiger charge is -2.13. The van der Waals surface area contributed by atoms with Gasteiger partial charge in [-0.3, -0.25) is 4.79 Å². The van der Waals surface area contributed by atoms with E-state index < -0.39 is 11.9 Å². The molecule has 4 nitrogen and oxygen atoms in total. The molecule has 1 atom stereocenters. The van der Waals surface area contributed by atoms with Gasteiger partial charge in [0.15, 0.2) is 0 Å². The lowest BCUT2D eigenvalue weighted by molar-refractivity contribution is -0.118. The Bertz CT molecular complexity index is 365. The summed E-state index contributed by atoms with van der Waals surface area (Å²) in [5.74, 6) is -0.157. The quantitative estimate of drug-likeness (QED) is 0.689. The number of hydrogen-bond acceptors (Lipinski definition) is 3. The number of aryl methyl sites for hydroxylation is 2. The SMILES string of the molecule is Cc1cc(C(N)CC(N)=O)cc(C)c1O. The molecule has 82 valence electrons. The van der Waals surface area contributed by atoms with Gasteiger partial charge in [0.25, 0.3) is 0 Å². The second kappa shape index (κ2) is 4.31. The van der Waals surface area contributed by atoms with Gasteiger partial charge in [0.05, 0.1) is 0 Å². The lowest BCUT2D eigenvalue weighted by atomic mass is 9.99. The Hall–Kier alpha value is -1.55. The fourth-order valence-corrected chi connectivity index (χ4v) is 1.54. The van der Waals surface area contributed by atoms with E-state index in [1.165, 1.54) is 0 Å². The number of nitrogens with two attached hydrogens (primary N) is 2. The number of rotatable bonds is 3. The fraction of sp³-hybridized carbons (Fsp3) is 0.364. The zero-order chi connectivity index (χ0) is 11.6. The summed E-state index contributed by atoms with van der Waals surface area (Å²) in [6, 6.07) is 3.15. The number of benzene rings is 1. The van der Waals surface area contributed by atoms with Crippen molar-refractivity contribution in [2.75, 3.05) is 0 Å². The fourth-order valence-electron chi connectivity index (χ4n) is 1.54. The first-order valence-electron chi connectivity index (χ1n) is 4.75. The standard InChI is InChI=1S/C11H16N2O2/c1-6-3-8(4-7(2)11(6)15)9(12)5-10(13)14/h3-4,9,15H,5,12H2,1-2H3,(H2,13,14). The largest absolute Gasteiger partial charge is 0.507 e. The van der Waals surface area contributed by atoms with E-state index in [4.69, 9.17) is 11.5 Å². The lowest BCUT2D eigenvalue weighted by Crippen LogP contribution is -2.20. The Balaban J connectivity index is 3.00. The zero-order valence-electron chi connectivity index (χ0n) is 8.95. The first-order valence-corrected chi connectivity index (χ1v) is 4.75. The number of carbonyl (C=O) groups excluding carboxylic acids is 1. The molecule has 15 heavy (non-hydrogen) atoms. The number of primary amides is 1. The predicted octanol–water partition coefficient (Wildman–Crippen LogP) is 0.884. The van der Waals surface area contributed by atoms with Crippen LogP contribution in [0.5, 0.6) is 5.75 Å². The van der Waals surface area contributed by atoms with Crippen molar-refractivity contribution in [2.45, 2.75) is 26.3 Å². The van der Waals surface area contributed by atoms with Gasteiger partial charge in [-0.2, -0.15) is 0 Å². The van der Waals surface area contributed by atoms with Crippen molar-refractivity contribution in [1.29, 1.82) is 0 Å². The predicted molar refractivity (Wildman–Crippen MR) is 58.3 cm³/mol. The van der Waals surface area contributed by atoms with Crippen molar-refractivity contribution in [3.05, 3.63) is 28.8 Å². The van der Waals surface area contributed by atoms with Gasteiger partial charge in [-0.15, -0.1) is 0 Å². The summed E-state index contributed by atoms with van der Waals surface area (Å²) in [7, 11) is 0. The summed E-state index contributed by atoms with van der Waals surface area (Å²) in [6.45, 7) is 3.59. The Morgan fingerprint density at radius 1 is 1.40 bits per heavy atom. The molecule has 0 heterocycles. The van der Waals surface area contributed by atoms with Gasteiger partial charge < -0.3 is 16.6 Å². The monoisotopic (exact) mass is 208 g/mol. The Morgan fingerprint density at radius 3 is 2.27 bits per heavy atom. The Kier molecular flexibility index (Phi) is 3.31. The van der Waals surface area contributed by atoms with Crippen LogP contribution in [0, 0.1) is 13.8 Å². The van der Waals surface area contributed by atoms with Crippen LogP contribution in [-0.4, -0.2) is 11.0 Å². The van der Waals surface area contributed by atoms with Gasteiger partial charge in [0, 0.05) is 12.5 Å². The Labute approximate surface area is 88.9 Å². The molecule has 1 aromatic carbocycles. The van der Waals surface area contributed by atoms with Crippen molar-refractivity contribution in [1.82, 2.24) is 0 Å². The van der Waals surface area contributed by atoms with Gasteiger partial charge in [0.1, 0.15) is 5.75 Å². The van der Waals surface area contributed by atoms with Crippen LogP contribution in [-0.2, 0) is 4.79 Å². The molecule has 1 aromatic rings. The summed E-state index contributed by atoms with van der Waals surface area (Å²) in [6.07, 6.45) is 0.115. The number of aromatic hydroxyl groups is 1. The molecule has 0 fully saturated rings. The van der Waals surface area contributed by atoms with Gasteiger partial charge >= 0.3 is 0 Å². The van der Waals surface area contributed by atoms with Crippen LogP contribution in [0.15, 0.2) is 12.1 Å². The van der Waals surface area contributed by atoms with E-state index in [1.807, 2.05) is 0 Å². The van der Waals surface area contributed by atoms with Gasteiger partial charge in [-0.1, -0.05) is 12.1 Å². The normalized spacial score (nSPS) is 12.5. The average molecular weight is 208 g/mol. The molecular formula is C11H16N2O2. The molecule has 0 aliphatic heterocycles. The minimum Gasteiger partial charge on any atom is -0.507 e. The van der Waals surface area contributed by atoms with Crippen LogP contribution in [0.25, 0.3) is 0 Å². The molecule has 0 saturated heterocycles. The zero-order valence-corrected chi connectivity index (χ0v) is 8.95. The molecule has 0 aromatic heterocycles. The third-order valence-corrected chi connectivity index (χ3v) is 2.36. The number of carbonyl (C=O) groups is 1. The van der Waals surface area contributed by atoms with E-state index in [-0.39, 0.29) is 12.2 Å². The van der Waals surface area contributed by atoms with Crippen molar-refractivity contribution in [3.8, 4) is 5.75 Å². The minimum atomic E-state index is -0.425. The van der Waals surface area contributed by atoms with Crippen LogP contribution < -0.4 is 11.5 Å². The molecular weight excluding hydrogens is 192 g/mol. The molecule has 1 rings (SSSR count). The van der Waals surface area contributed by atoms with E-state index in [0.29, 0.717) is 0 Å². The third kappa shape index (κ3) is 2.70. The molecule has 0 bridgehead atoms. The second-order valence-corrected chi connectivity index (χ2v) is 3.78. The topological polar surface area (TPSA) is 89.3 Å². The summed E-state index contributed by atoms with van der Waals surface area (Å²) in [4.78, 5) is 10.7. The highest BCUT2D eigenvalue weighted by Gasteiger charge is 2.12. The van der Waals surface area contributed by atoms with Gasteiger partial charge in [-0.25, -0.2) is 0 Å². The minimum absolute atomic E-state index is 0.115. The third-order valence-electron chi connectivity index (χ3n) is 2.36. The molecule has 1 amide bonds. The molecule has 1 unspecified atom stereocenters. The maximum atomic E-state index is 10.7. The molecule has 0 radical (unpaired) electrons. The highest BCUT2D eigenvalue weighted by molar-refractivity contribution is 5.74. The maximum absolute atomic E-state index is 10.7. The van der Waals surface area contributed by atoms with Crippen LogP contribution in [0.1, 0.15) is 29.2 Å². The van der Waals surface area contributed by atoms with Crippen molar-refractivity contribution >= 4 is 5.91 Å². The second-order valence-electron chi connectivity index (χ2n) is 3.78. The van der Waals surface area contributed by atoms with E-state index in [9.17, 15) is 9.90 Å². The molecule has 0 spiro atoms. The van der Waals surface area contributed by atoms with Crippen molar-refractivity contribution < 1.29 is 9.90 Å². The van der Waals surface area contributed by atoms with Crippen LogP contribution in [0.4, 0.5) is 0 Å². The van der Waals surface area contributed by atoms with Crippen molar-refractivity contribution in [2.24, 2.45) is 11.5 Å². The summed E-state index contributed by atoms with van der Waals surface area (Å²) < 4.78 is 0. The van der Waals surface area contributed by atoms with Gasteiger partial charge in [-0.05, 0) is 30.5 Å². The molecule has 0 saturated carbocycles. The summed E-state index contributed by atoms with van der Waals surface area (Å²) in [5, 5.41) is 9.56. The van der Waals surface area contributed by atoms with Gasteiger partial charge in [0.2, 0.25) is 5.91 Å². The summed E-state index contributed by atoms with van der Waals surface area (Å²) >= 11 is 0. The average Bonchev–Trinajstić information content (AvgIpc) is 2.12. The highest BCUT2D eigenvalue weighted by Crippen LogP contribution is 2.26. The van der Waals surface area contributed by atoms with E-state index in [0.717, 1.165) is 16.7 Å². The summed E-state index contributed by atoms with van der Waals surface area (Å²) in [5.41, 5.74) is 13.2. The first-order chi connectivity index (χ1) is 6.91. The molecule has 5 N–H and O–H groups in total. The number of phenols is 1. The molecule has 4 heteroatoms. The Morgan fingerprint density at radius 2 is 1.87 bits per heavy atom. The van der Waals surface area contributed by atoms with E-state index in [1.54, 1.807) is 26.0 Å². The number of hydrogen-bond donors (Lipinski definition) is 3. The number of amides is 1. The van der Waals surface area contributed by atoms with Crippen molar-refractivity contribution in [3.63, 3.8) is 0 Å².